The first-order valence-corrected chi connectivity index (χ1v) is 8.30. The molecular formula is C19H22FN3O3. The molecule has 7 heteroatoms. The second-order valence-corrected chi connectivity index (χ2v) is 5.66. The van der Waals surface area contributed by atoms with Gasteiger partial charge in [-0.1, -0.05) is 18.2 Å². The third-order valence-electron chi connectivity index (χ3n) is 3.50. The van der Waals surface area contributed by atoms with Crippen LogP contribution in [0.2, 0.25) is 0 Å². The molecule has 0 aromatic heterocycles. The fourth-order valence-electron chi connectivity index (χ4n) is 2.16. The Hall–Kier alpha value is -3.09. The third-order valence-corrected chi connectivity index (χ3v) is 3.50. The van der Waals surface area contributed by atoms with Gasteiger partial charge in [-0.2, -0.15) is 0 Å². The highest BCUT2D eigenvalue weighted by atomic mass is 19.1. The maximum Gasteiger partial charge on any atom is 0.321 e. The number of nitrogens with one attached hydrogen (secondary N) is 3. The van der Waals surface area contributed by atoms with Gasteiger partial charge < -0.3 is 15.4 Å². The molecule has 6 nitrogen and oxygen atoms in total. The topological polar surface area (TPSA) is 79.5 Å². The van der Waals surface area contributed by atoms with E-state index in [4.69, 9.17) is 4.74 Å². The number of carbonyl (C=O) groups is 2. The van der Waals surface area contributed by atoms with Gasteiger partial charge in [0.25, 0.3) is 0 Å². The van der Waals surface area contributed by atoms with E-state index >= 15 is 0 Å². The van der Waals surface area contributed by atoms with Gasteiger partial charge in [0.15, 0.2) is 0 Å². The van der Waals surface area contributed by atoms with E-state index < -0.39 is 18.0 Å². The van der Waals surface area contributed by atoms with E-state index in [0.29, 0.717) is 24.6 Å². The maximum atomic E-state index is 12.9. The van der Waals surface area contributed by atoms with Gasteiger partial charge >= 0.3 is 6.03 Å². The van der Waals surface area contributed by atoms with Gasteiger partial charge in [0, 0.05) is 18.3 Å². The molecule has 3 amide bonds. The molecule has 0 aliphatic heterocycles. The highest BCUT2D eigenvalue weighted by molar-refractivity contribution is 5.97. The molecule has 0 radical (unpaired) electrons. The number of hydrogen-bond donors (Lipinski definition) is 3. The van der Waals surface area contributed by atoms with Crippen molar-refractivity contribution in [2.24, 2.45) is 0 Å². The molecule has 0 unspecified atom stereocenters. The molecule has 26 heavy (non-hydrogen) atoms. The van der Waals surface area contributed by atoms with Crippen LogP contribution in [0.4, 0.5) is 14.9 Å². The largest absolute Gasteiger partial charge is 0.489 e. The quantitative estimate of drug-likeness (QED) is 0.710. The lowest BCUT2D eigenvalue weighted by Gasteiger charge is -2.15. The zero-order valence-corrected chi connectivity index (χ0v) is 14.7. The molecule has 2 aromatic carbocycles. The van der Waals surface area contributed by atoms with Gasteiger partial charge in [0.2, 0.25) is 5.91 Å². The summed E-state index contributed by atoms with van der Waals surface area (Å²) in [6.45, 7) is 4.16. The van der Waals surface area contributed by atoms with Crippen LogP contribution in [-0.4, -0.2) is 24.5 Å². The van der Waals surface area contributed by atoms with Crippen LogP contribution in [0.5, 0.6) is 5.75 Å². The number of ether oxygens (including phenoxy) is 1. The van der Waals surface area contributed by atoms with E-state index in [1.54, 1.807) is 50.2 Å². The van der Waals surface area contributed by atoms with Crippen LogP contribution in [0.3, 0.4) is 0 Å². The first-order valence-electron chi connectivity index (χ1n) is 8.30. The first-order chi connectivity index (χ1) is 12.5. The van der Waals surface area contributed by atoms with Crippen molar-refractivity contribution >= 4 is 17.6 Å². The number of hydrogen-bond acceptors (Lipinski definition) is 4. The minimum absolute atomic E-state index is 0.292. The minimum Gasteiger partial charge on any atom is -0.489 e. The number of carbonyl (C=O) groups excluding carboxylic acids is 2. The Morgan fingerprint density at radius 2 is 1.88 bits per heavy atom. The second kappa shape index (κ2) is 9.41. The van der Waals surface area contributed by atoms with Crippen LogP contribution in [0.25, 0.3) is 0 Å². The Kier molecular flexibility index (Phi) is 6.96. The van der Waals surface area contributed by atoms with E-state index in [1.807, 2.05) is 0 Å². The van der Waals surface area contributed by atoms with E-state index in [-0.39, 0.29) is 5.82 Å². The molecule has 0 aliphatic rings. The van der Waals surface area contributed by atoms with E-state index in [0.717, 1.165) is 5.56 Å². The zero-order valence-electron chi connectivity index (χ0n) is 14.7. The molecule has 138 valence electrons. The van der Waals surface area contributed by atoms with Gasteiger partial charge in [-0.15, -0.1) is 0 Å². The third kappa shape index (κ3) is 6.08. The number of urea groups is 1. The molecule has 3 N–H and O–H groups in total. The number of halogens is 1. The normalized spacial score (nSPS) is 11.3. The maximum absolute atomic E-state index is 12.9. The Bertz CT molecular complexity index is 750. The number of imide groups is 1. The molecule has 0 saturated heterocycles. The van der Waals surface area contributed by atoms with E-state index in [2.05, 4.69) is 16.0 Å². The average molecular weight is 359 g/mol. The van der Waals surface area contributed by atoms with E-state index in [1.165, 1.54) is 12.1 Å². The average Bonchev–Trinajstić information content (AvgIpc) is 2.61. The zero-order chi connectivity index (χ0) is 18.9. The van der Waals surface area contributed by atoms with Gasteiger partial charge in [-0.3, -0.25) is 10.1 Å². The first kappa shape index (κ1) is 19.2. The molecule has 0 fully saturated rings. The Balaban J connectivity index is 1.90. The summed E-state index contributed by atoms with van der Waals surface area (Å²) in [5, 5.41) is 7.76. The number of amides is 3. The second-order valence-electron chi connectivity index (χ2n) is 5.66. The summed E-state index contributed by atoms with van der Waals surface area (Å²) in [5.74, 6) is -0.121. The highest BCUT2D eigenvalue weighted by Crippen LogP contribution is 2.19. The Morgan fingerprint density at radius 1 is 1.15 bits per heavy atom. The van der Waals surface area contributed by atoms with Crippen LogP contribution in [-0.2, 0) is 11.4 Å². The van der Waals surface area contributed by atoms with Crippen LogP contribution in [0.1, 0.15) is 19.4 Å². The summed E-state index contributed by atoms with van der Waals surface area (Å²) in [6, 6.07) is 12.1. The SMILES string of the molecule is CCNC(=O)NC(=O)[C@@H](C)Nc1cccc(OCc2ccc(F)cc2)c1. The van der Waals surface area contributed by atoms with Crippen LogP contribution >= 0.6 is 0 Å². The van der Waals surface area contributed by atoms with Crippen molar-refractivity contribution in [3.8, 4) is 5.75 Å². The molecule has 2 rings (SSSR count). The smallest absolute Gasteiger partial charge is 0.321 e. The molecule has 2 aromatic rings. The molecular weight excluding hydrogens is 337 g/mol. The summed E-state index contributed by atoms with van der Waals surface area (Å²) in [6.07, 6.45) is 0. The monoisotopic (exact) mass is 359 g/mol. The molecule has 0 bridgehead atoms. The molecule has 0 spiro atoms. The molecule has 0 heterocycles. The highest BCUT2D eigenvalue weighted by Gasteiger charge is 2.15. The summed E-state index contributed by atoms with van der Waals surface area (Å²) >= 11 is 0. The van der Waals surface area contributed by atoms with Crippen molar-refractivity contribution in [3.05, 3.63) is 59.9 Å². The molecule has 1 atom stereocenters. The number of rotatable bonds is 7. The van der Waals surface area contributed by atoms with Crippen LogP contribution < -0.4 is 20.7 Å². The van der Waals surface area contributed by atoms with Crippen molar-refractivity contribution in [1.82, 2.24) is 10.6 Å². The number of benzene rings is 2. The predicted octanol–water partition coefficient (Wildman–Crippen LogP) is 3.05. The van der Waals surface area contributed by atoms with E-state index in [9.17, 15) is 14.0 Å². The summed E-state index contributed by atoms with van der Waals surface area (Å²) in [7, 11) is 0. The fourth-order valence-corrected chi connectivity index (χ4v) is 2.16. The predicted molar refractivity (Wildman–Crippen MR) is 97.5 cm³/mol. The lowest BCUT2D eigenvalue weighted by Crippen LogP contribution is -2.45. The standard InChI is InChI=1S/C19H22FN3O3/c1-3-21-19(25)23-18(24)13(2)22-16-5-4-6-17(11-16)26-12-14-7-9-15(20)10-8-14/h4-11,13,22H,3,12H2,1-2H3,(H2,21,23,24,25)/t13-/m1/s1. The van der Waals surface area contributed by atoms with Gasteiger partial charge in [-0.05, 0) is 43.7 Å². The van der Waals surface area contributed by atoms with Crippen molar-refractivity contribution in [2.75, 3.05) is 11.9 Å². The van der Waals surface area contributed by atoms with Gasteiger partial charge in [-0.25, -0.2) is 9.18 Å². The summed E-state index contributed by atoms with van der Waals surface area (Å²) in [4.78, 5) is 23.4. The van der Waals surface area contributed by atoms with Crippen LogP contribution in [0, 0.1) is 5.82 Å². The number of anilines is 1. The van der Waals surface area contributed by atoms with Crippen molar-refractivity contribution in [1.29, 1.82) is 0 Å². The lowest BCUT2D eigenvalue weighted by molar-refractivity contribution is -0.120. The fraction of sp³-hybridized carbons (Fsp3) is 0.263. The van der Waals surface area contributed by atoms with Gasteiger partial charge in [0.1, 0.15) is 24.2 Å². The van der Waals surface area contributed by atoms with Gasteiger partial charge in [0.05, 0.1) is 0 Å². The Labute approximate surface area is 151 Å². The lowest BCUT2D eigenvalue weighted by atomic mass is 10.2. The minimum atomic E-state index is -0.607. The van der Waals surface area contributed by atoms with Crippen molar-refractivity contribution in [3.63, 3.8) is 0 Å². The van der Waals surface area contributed by atoms with Crippen molar-refractivity contribution in [2.45, 2.75) is 26.5 Å². The van der Waals surface area contributed by atoms with Crippen LogP contribution in [0.15, 0.2) is 48.5 Å². The summed E-state index contributed by atoms with van der Waals surface area (Å²) in [5.41, 5.74) is 1.53. The van der Waals surface area contributed by atoms with Crippen molar-refractivity contribution < 1.29 is 18.7 Å². The summed E-state index contributed by atoms with van der Waals surface area (Å²) < 4.78 is 18.6. The molecule has 0 aliphatic carbocycles. The molecule has 0 saturated carbocycles. The Morgan fingerprint density at radius 3 is 2.58 bits per heavy atom.